The van der Waals surface area contributed by atoms with Crippen molar-refractivity contribution in [3.8, 4) is 16.9 Å². The van der Waals surface area contributed by atoms with Gasteiger partial charge in [-0.2, -0.15) is 4.98 Å². The average Bonchev–Trinajstić information content (AvgIpc) is 3.44. The molecule has 6 nitrogen and oxygen atoms in total. The summed E-state index contributed by atoms with van der Waals surface area (Å²) in [6, 6.07) is 15.3. The molecule has 0 atom stereocenters. The minimum absolute atomic E-state index is 0.417. The van der Waals surface area contributed by atoms with Crippen molar-refractivity contribution in [2.75, 3.05) is 11.1 Å². The van der Waals surface area contributed by atoms with Crippen LogP contribution in [0.25, 0.3) is 28.0 Å². The van der Waals surface area contributed by atoms with Crippen LogP contribution in [0.3, 0.4) is 0 Å². The lowest BCUT2D eigenvalue weighted by atomic mass is 10.1. The number of halogens is 2. The summed E-state index contributed by atoms with van der Waals surface area (Å²) < 4.78 is 1.66. The van der Waals surface area contributed by atoms with Crippen molar-refractivity contribution >= 4 is 46.0 Å². The van der Waals surface area contributed by atoms with E-state index >= 15 is 0 Å². The lowest BCUT2D eigenvalue weighted by molar-refractivity contribution is 0.899. The molecular weight excluding hydrogens is 395 g/mol. The van der Waals surface area contributed by atoms with E-state index in [0.717, 1.165) is 24.1 Å². The van der Waals surface area contributed by atoms with Gasteiger partial charge in [0.1, 0.15) is 5.82 Å². The Morgan fingerprint density at radius 3 is 2.50 bits per heavy atom. The lowest BCUT2D eigenvalue weighted by Crippen LogP contribution is -2.06. The fourth-order valence-corrected chi connectivity index (χ4v) is 3.43. The summed E-state index contributed by atoms with van der Waals surface area (Å²) in [6.45, 7) is 0. The van der Waals surface area contributed by atoms with Gasteiger partial charge >= 0.3 is 0 Å². The molecule has 8 heteroatoms. The topological polar surface area (TPSA) is 81.7 Å². The number of fused-ring (bicyclic) bond motifs is 1. The van der Waals surface area contributed by atoms with Crippen molar-refractivity contribution in [3.63, 3.8) is 0 Å². The highest BCUT2D eigenvalue weighted by Gasteiger charge is 2.24. The first-order valence-corrected chi connectivity index (χ1v) is 9.69. The van der Waals surface area contributed by atoms with Gasteiger partial charge < -0.3 is 11.1 Å². The van der Waals surface area contributed by atoms with Crippen LogP contribution in [0.15, 0.2) is 48.5 Å². The maximum atomic E-state index is 6.48. The normalized spacial score (nSPS) is 13.8. The Kier molecular flexibility index (Phi) is 4.10. The van der Waals surface area contributed by atoms with Gasteiger partial charge in [0.15, 0.2) is 5.65 Å². The zero-order valence-electron chi connectivity index (χ0n) is 14.7. The van der Waals surface area contributed by atoms with Crippen LogP contribution in [0.1, 0.15) is 12.8 Å². The Balaban J connectivity index is 1.74. The molecule has 1 aliphatic rings. The van der Waals surface area contributed by atoms with E-state index in [1.54, 1.807) is 16.8 Å². The second-order valence-electron chi connectivity index (χ2n) is 6.80. The van der Waals surface area contributed by atoms with Gasteiger partial charge in [-0.05, 0) is 49.2 Å². The van der Waals surface area contributed by atoms with E-state index in [1.807, 2.05) is 36.4 Å². The molecule has 0 radical (unpaired) electrons. The van der Waals surface area contributed by atoms with Gasteiger partial charge in [-0.3, -0.25) is 0 Å². The number of hydrogen-bond acceptors (Lipinski definition) is 5. The number of nitrogens with one attached hydrogen (secondary N) is 1. The molecule has 28 heavy (non-hydrogen) atoms. The third-order valence-electron chi connectivity index (χ3n) is 4.65. The van der Waals surface area contributed by atoms with Crippen molar-refractivity contribution in [1.29, 1.82) is 0 Å². The van der Waals surface area contributed by atoms with Gasteiger partial charge in [-0.15, -0.1) is 5.10 Å². The number of nitrogens with two attached hydrogens (primary N) is 1. The summed E-state index contributed by atoms with van der Waals surface area (Å²) in [6.07, 6.45) is 2.24. The highest BCUT2D eigenvalue weighted by Crippen LogP contribution is 2.34. The predicted octanol–water partition coefficient (Wildman–Crippen LogP) is 4.95. The molecule has 3 N–H and O–H groups in total. The Morgan fingerprint density at radius 1 is 1.00 bits per heavy atom. The molecule has 0 bridgehead atoms. The van der Waals surface area contributed by atoms with Crippen LogP contribution in [0, 0.1) is 0 Å². The highest BCUT2D eigenvalue weighted by atomic mass is 35.5. The summed E-state index contributed by atoms with van der Waals surface area (Å²) >= 11 is 12.2. The standard InChI is InChI=1S/C20H16Cl2N6/c21-12-4-8-15(9-5-12)28-18(23)16-17(11-2-1-3-13(22)10-11)25-20(24-14-6-7-14)26-19(16)27-28/h1-5,8-10,14H,6-7,23H2,(H,24,26,27). The molecule has 140 valence electrons. The van der Waals surface area contributed by atoms with Crippen molar-refractivity contribution in [1.82, 2.24) is 19.7 Å². The molecule has 1 aliphatic carbocycles. The molecule has 0 spiro atoms. The third kappa shape index (κ3) is 3.15. The predicted molar refractivity (Wildman–Crippen MR) is 113 cm³/mol. The van der Waals surface area contributed by atoms with Gasteiger partial charge in [0, 0.05) is 21.7 Å². The molecule has 2 aromatic carbocycles. The Morgan fingerprint density at radius 2 is 1.79 bits per heavy atom. The number of nitrogens with zero attached hydrogens (tertiary/aromatic N) is 4. The third-order valence-corrected chi connectivity index (χ3v) is 5.14. The molecule has 0 unspecified atom stereocenters. The van der Waals surface area contributed by atoms with Crippen molar-refractivity contribution in [2.24, 2.45) is 0 Å². The first-order valence-electron chi connectivity index (χ1n) is 8.93. The summed E-state index contributed by atoms with van der Waals surface area (Å²) in [4.78, 5) is 9.33. The summed E-state index contributed by atoms with van der Waals surface area (Å²) in [5.41, 5.74) is 9.38. The molecule has 0 saturated heterocycles. The van der Waals surface area contributed by atoms with Crippen molar-refractivity contribution < 1.29 is 0 Å². The van der Waals surface area contributed by atoms with Gasteiger partial charge in [0.05, 0.1) is 16.8 Å². The first-order chi connectivity index (χ1) is 13.6. The lowest BCUT2D eigenvalue weighted by Gasteiger charge is -2.08. The summed E-state index contributed by atoms with van der Waals surface area (Å²) in [5, 5.41) is 9.95. The van der Waals surface area contributed by atoms with Gasteiger partial charge in [0.25, 0.3) is 0 Å². The van der Waals surface area contributed by atoms with E-state index < -0.39 is 0 Å². The number of aromatic nitrogens is 4. The SMILES string of the molecule is Nc1c2c(-c3cccc(Cl)c3)nc(NC3CC3)nc2nn1-c1ccc(Cl)cc1. The molecule has 5 rings (SSSR count). The fourth-order valence-electron chi connectivity index (χ4n) is 3.11. The zero-order valence-corrected chi connectivity index (χ0v) is 16.2. The highest BCUT2D eigenvalue weighted by molar-refractivity contribution is 6.31. The molecule has 0 amide bonds. The average molecular weight is 411 g/mol. The monoisotopic (exact) mass is 410 g/mol. The van der Waals surface area contributed by atoms with Crippen LogP contribution in [0.5, 0.6) is 0 Å². The number of nitrogen functional groups attached to an aromatic ring is 1. The maximum Gasteiger partial charge on any atom is 0.225 e. The van der Waals surface area contributed by atoms with Gasteiger partial charge in [0.2, 0.25) is 5.95 Å². The van der Waals surface area contributed by atoms with E-state index in [0.29, 0.717) is 44.6 Å². The van der Waals surface area contributed by atoms with Crippen LogP contribution >= 0.6 is 23.2 Å². The number of anilines is 2. The smallest absolute Gasteiger partial charge is 0.225 e. The van der Waals surface area contributed by atoms with E-state index in [2.05, 4.69) is 15.4 Å². The van der Waals surface area contributed by atoms with Crippen molar-refractivity contribution in [3.05, 3.63) is 58.6 Å². The van der Waals surface area contributed by atoms with Crippen molar-refractivity contribution in [2.45, 2.75) is 18.9 Å². The van der Waals surface area contributed by atoms with E-state index in [4.69, 9.17) is 33.9 Å². The van der Waals surface area contributed by atoms with Gasteiger partial charge in [-0.25, -0.2) is 9.67 Å². The number of rotatable bonds is 4. The second-order valence-corrected chi connectivity index (χ2v) is 7.67. The largest absolute Gasteiger partial charge is 0.383 e. The van der Waals surface area contributed by atoms with Crippen LogP contribution in [-0.2, 0) is 0 Å². The molecule has 2 heterocycles. The van der Waals surface area contributed by atoms with E-state index in [9.17, 15) is 0 Å². The molecule has 0 aliphatic heterocycles. The molecule has 1 fully saturated rings. The van der Waals surface area contributed by atoms with Gasteiger partial charge in [-0.1, -0.05) is 35.3 Å². The molecule has 2 aromatic heterocycles. The minimum atomic E-state index is 0.417. The zero-order chi connectivity index (χ0) is 19.3. The van der Waals surface area contributed by atoms with E-state index in [1.165, 1.54) is 0 Å². The maximum absolute atomic E-state index is 6.48. The van der Waals surface area contributed by atoms with Crippen LogP contribution in [0.4, 0.5) is 11.8 Å². The Labute approximate surface area is 171 Å². The minimum Gasteiger partial charge on any atom is -0.383 e. The van der Waals surface area contributed by atoms with E-state index in [-0.39, 0.29) is 0 Å². The molecule has 1 saturated carbocycles. The number of benzene rings is 2. The van der Waals surface area contributed by atoms with Crippen LogP contribution in [0.2, 0.25) is 10.0 Å². The quantitative estimate of drug-likeness (QED) is 0.497. The Bertz CT molecular complexity index is 1180. The summed E-state index contributed by atoms with van der Waals surface area (Å²) in [7, 11) is 0. The summed E-state index contributed by atoms with van der Waals surface area (Å²) in [5.74, 6) is 1.01. The molecular formula is C20H16Cl2N6. The first kappa shape index (κ1) is 17.3. The number of hydrogen-bond donors (Lipinski definition) is 2. The van der Waals surface area contributed by atoms with Crippen LogP contribution in [-0.4, -0.2) is 25.8 Å². The molecule has 4 aromatic rings. The Hall–Kier alpha value is -2.83. The van der Waals surface area contributed by atoms with Crippen LogP contribution < -0.4 is 11.1 Å². The second kappa shape index (κ2) is 6.65. The fraction of sp³-hybridized carbons (Fsp3) is 0.150.